The van der Waals surface area contributed by atoms with Gasteiger partial charge >= 0.3 is 12.1 Å². The molecule has 356 valence electrons. The van der Waals surface area contributed by atoms with Crippen LogP contribution in [-0.4, -0.2) is 73.6 Å². The maximum absolute atomic E-state index is 12.7. The van der Waals surface area contributed by atoms with E-state index in [1.54, 1.807) is 19.3 Å². The molecule has 2 aromatic heterocycles. The van der Waals surface area contributed by atoms with Crippen LogP contribution >= 0.6 is 31.9 Å². The first kappa shape index (κ1) is 52.3. The molecule has 2 aliphatic carbocycles. The number of carbonyl (C=O) groups is 5. The van der Waals surface area contributed by atoms with E-state index in [9.17, 15) is 32.3 Å². The molecule has 4 aromatic carbocycles. The number of benzene rings is 4. The molecule has 7 N–H and O–H groups in total. The standard InChI is InChI=1S/C24H26BrN3O2.C15H19NO3.C8H8BrN3.C2HF3O/c1-15(22(29)10-9-18-12-21(25)13-20-14-26-28-23(18)20)27-24(30)19-8-7-17(11-19)16-5-3-2-4-6-16;1-10(15(18)19)16-14(17)13-8-7-12(9-13)11-5-3-2-4-6-11;9-7-1-5(3-10)8-6(2-7)4-11-12-8;3-2(4,5)1-6/h2-6,12-15,17,19H,7-11H2,1H3,(H,26,28)(H,27,30);2-6,10,12-13H,7-9H2,1H3,(H,16,17)(H,18,19);1-2,4H,3,10H2,(H,11,12);1H/t15-,17+,19+;10-,12+,13+;;/m00../s1. The number of halogens is 5. The van der Waals surface area contributed by atoms with Gasteiger partial charge in [0.15, 0.2) is 5.78 Å². The molecule has 2 saturated carbocycles. The van der Waals surface area contributed by atoms with Crippen LogP contribution in [0.2, 0.25) is 0 Å². The number of H-pyrrole nitrogens is 2. The van der Waals surface area contributed by atoms with Crippen molar-refractivity contribution in [1.29, 1.82) is 0 Å². The average molecular weight is 1050 g/mol. The summed E-state index contributed by atoms with van der Waals surface area (Å²) in [5.74, 6) is -0.300. The van der Waals surface area contributed by atoms with E-state index in [0.29, 0.717) is 31.2 Å². The van der Waals surface area contributed by atoms with Crippen LogP contribution in [0.15, 0.2) is 106 Å². The largest absolute Gasteiger partial charge is 0.480 e. The van der Waals surface area contributed by atoms with Gasteiger partial charge in [-0.15, -0.1) is 0 Å². The number of carboxylic acids is 1. The molecular weight excluding hydrogens is 999 g/mol. The second-order valence-electron chi connectivity index (χ2n) is 16.7. The van der Waals surface area contributed by atoms with E-state index in [2.05, 4.69) is 87.2 Å². The summed E-state index contributed by atoms with van der Waals surface area (Å²) in [4.78, 5) is 56.8. The highest BCUT2D eigenvalue weighted by atomic mass is 79.9. The quantitative estimate of drug-likeness (QED) is 0.0643. The number of aryl methyl sites for hydroxylation is 1. The summed E-state index contributed by atoms with van der Waals surface area (Å²) in [5, 5.41) is 30.4. The normalized spacial score (nSPS) is 18.5. The van der Waals surface area contributed by atoms with Crippen molar-refractivity contribution in [2.75, 3.05) is 0 Å². The van der Waals surface area contributed by atoms with E-state index in [1.165, 1.54) is 18.1 Å². The van der Waals surface area contributed by atoms with Crippen LogP contribution in [0.25, 0.3) is 21.8 Å². The summed E-state index contributed by atoms with van der Waals surface area (Å²) >= 11 is 6.92. The topological polar surface area (TPSA) is 213 Å². The smallest absolute Gasteiger partial charge is 0.446 e. The highest BCUT2D eigenvalue weighted by molar-refractivity contribution is 9.10. The number of rotatable bonds is 12. The summed E-state index contributed by atoms with van der Waals surface area (Å²) in [6.07, 6.45) is 4.23. The maximum atomic E-state index is 12.7. The molecule has 0 unspecified atom stereocenters. The fourth-order valence-electron chi connectivity index (χ4n) is 8.31. The molecule has 18 heteroatoms. The van der Waals surface area contributed by atoms with Crippen molar-refractivity contribution in [3.05, 3.63) is 129 Å². The second-order valence-corrected chi connectivity index (χ2v) is 18.5. The number of hydrogen-bond donors (Lipinski definition) is 6. The highest BCUT2D eigenvalue weighted by Gasteiger charge is 2.33. The Hall–Kier alpha value is -5.72. The Labute approximate surface area is 402 Å². The van der Waals surface area contributed by atoms with E-state index in [1.807, 2.05) is 60.7 Å². The maximum Gasteiger partial charge on any atom is 0.446 e. The lowest BCUT2D eigenvalue weighted by Gasteiger charge is -2.17. The summed E-state index contributed by atoms with van der Waals surface area (Å²) in [6, 6.07) is 27.3. The van der Waals surface area contributed by atoms with Crippen molar-refractivity contribution in [2.45, 2.75) is 102 Å². The van der Waals surface area contributed by atoms with E-state index >= 15 is 0 Å². The number of nitrogens with two attached hydrogens (primary N) is 1. The van der Waals surface area contributed by atoms with Crippen LogP contribution in [0, 0.1) is 11.8 Å². The van der Waals surface area contributed by atoms with Crippen molar-refractivity contribution in [2.24, 2.45) is 17.6 Å². The van der Waals surface area contributed by atoms with Crippen molar-refractivity contribution in [1.82, 2.24) is 31.0 Å². The lowest BCUT2D eigenvalue weighted by Crippen LogP contribution is -2.41. The van der Waals surface area contributed by atoms with Gasteiger partial charge in [0.1, 0.15) is 6.04 Å². The minimum absolute atomic E-state index is 0.00713. The zero-order valence-electron chi connectivity index (χ0n) is 37.0. The molecule has 2 aliphatic rings. The number of alkyl halides is 3. The third-order valence-corrected chi connectivity index (χ3v) is 12.8. The lowest BCUT2D eigenvalue weighted by atomic mass is 9.96. The van der Waals surface area contributed by atoms with Gasteiger partial charge < -0.3 is 21.5 Å². The number of aldehydes is 1. The summed E-state index contributed by atoms with van der Waals surface area (Å²) in [7, 11) is 0. The Balaban J connectivity index is 0.000000193. The van der Waals surface area contributed by atoms with Gasteiger partial charge in [0.05, 0.1) is 29.5 Å². The SMILES string of the molecule is C[C@H](NC(=O)[C@@H]1CC[C@@H](c2ccccc2)C1)C(=O)CCc1cc(Br)cc2cn[nH]c12.C[C@H](NC(=O)[C@@H]1CC[C@@H](c2ccccc2)C1)C(=O)O.NCc1cc(Br)cc2cn[nH]c12.O=CC(F)(F)F. The Kier molecular flexibility index (Phi) is 19.4. The van der Waals surface area contributed by atoms with E-state index in [-0.39, 0.29) is 29.4 Å². The Bertz CT molecular complexity index is 2590. The predicted molar refractivity (Wildman–Crippen MR) is 257 cm³/mol. The highest BCUT2D eigenvalue weighted by Crippen LogP contribution is 2.39. The molecule has 0 radical (unpaired) electrons. The molecule has 2 amide bonds. The molecular formula is C49H54Br2F3N7O6. The fourth-order valence-corrected chi connectivity index (χ4v) is 9.36. The van der Waals surface area contributed by atoms with Crippen molar-refractivity contribution in [3.63, 3.8) is 0 Å². The van der Waals surface area contributed by atoms with Crippen LogP contribution in [0.3, 0.4) is 0 Å². The minimum Gasteiger partial charge on any atom is -0.480 e. The number of Topliss-reactive ketones (excluding diaryl/α,β-unsaturated/α-hetero) is 1. The Morgan fingerprint density at radius 3 is 1.61 bits per heavy atom. The molecule has 0 spiro atoms. The third kappa shape index (κ3) is 15.7. The van der Waals surface area contributed by atoms with E-state index in [4.69, 9.17) is 15.6 Å². The first-order valence-electron chi connectivity index (χ1n) is 21.9. The van der Waals surface area contributed by atoms with Crippen LogP contribution in [0.1, 0.15) is 92.9 Å². The average Bonchev–Trinajstić information content (AvgIpc) is 4.17. The van der Waals surface area contributed by atoms with Gasteiger partial charge in [0.25, 0.3) is 0 Å². The van der Waals surface area contributed by atoms with Crippen LogP contribution in [0.5, 0.6) is 0 Å². The van der Waals surface area contributed by atoms with Crippen LogP contribution in [0.4, 0.5) is 13.2 Å². The van der Waals surface area contributed by atoms with Gasteiger partial charge in [-0.2, -0.15) is 23.4 Å². The molecule has 2 fully saturated rings. The lowest BCUT2D eigenvalue weighted by molar-refractivity contribution is -0.156. The van der Waals surface area contributed by atoms with Gasteiger partial charge in [-0.25, -0.2) is 0 Å². The number of aliphatic carboxylic acids is 1. The number of amides is 2. The zero-order valence-corrected chi connectivity index (χ0v) is 40.2. The molecule has 67 heavy (non-hydrogen) atoms. The number of hydrogen-bond acceptors (Lipinski definition) is 8. The zero-order chi connectivity index (χ0) is 48.7. The number of nitrogens with one attached hydrogen (secondary N) is 4. The van der Waals surface area contributed by atoms with E-state index in [0.717, 1.165) is 80.4 Å². The van der Waals surface area contributed by atoms with Crippen LogP contribution in [-0.2, 0) is 36.9 Å². The molecule has 8 rings (SSSR count). The first-order valence-corrected chi connectivity index (χ1v) is 23.5. The molecule has 6 atom stereocenters. The molecule has 2 heterocycles. The van der Waals surface area contributed by atoms with Gasteiger partial charge in [-0.05, 0) is 117 Å². The molecule has 13 nitrogen and oxygen atoms in total. The van der Waals surface area contributed by atoms with Gasteiger partial charge in [0.2, 0.25) is 18.1 Å². The van der Waals surface area contributed by atoms with Gasteiger partial charge in [-0.1, -0.05) is 92.5 Å². The molecule has 0 saturated heterocycles. The van der Waals surface area contributed by atoms with Crippen molar-refractivity contribution < 1.29 is 42.3 Å². The van der Waals surface area contributed by atoms with Crippen molar-refractivity contribution >= 4 is 83.5 Å². The molecule has 0 bridgehead atoms. The number of carbonyl (C=O) groups excluding carboxylic acids is 4. The number of nitrogens with zero attached hydrogens (tertiary/aromatic N) is 2. The van der Waals surface area contributed by atoms with Gasteiger partial charge in [-0.3, -0.25) is 34.2 Å². The number of carboxylic acid groups (broad SMARTS) is 1. The number of aromatic amines is 2. The fraction of sp³-hybridized carbons (Fsp3) is 0.367. The number of ketones is 1. The minimum atomic E-state index is -4.64. The predicted octanol–water partition coefficient (Wildman–Crippen LogP) is 9.61. The Morgan fingerprint density at radius 1 is 0.746 bits per heavy atom. The molecule has 6 aromatic rings. The first-order chi connectivity index (χ1) is 32.0. The van der Waals surface area contributed by atoms with Crippen LogP contribution < -0.4 is 16.4 Å². The van der Waals surface area contributed by atoms with E-state index < -0.39 is 30.5 Å². The monoisotopic (exact) mass is 1050 g/mol. The van der Waals surface area contributed by atoms with Crippen molar-refractivity contribution in [3.8, 4) is 0 Å². The second kappa shape index (κ2) is 24.9. The number of aromatic nitrogens is 4. The summed E-state index contributed by atoms with van der Waals surface area (Å²) < 4.78 is 33.3. The third-order valence-electron chi connectivity index (χ3n) is 11.9. The summed E-state index contributed by atoms with van der Waals surface area (Å²) in [5.41, 5.74) is 12.3. The number of fused-ring (bicyclic) bond motifs is 2. The molecule has 0 aliphatic heterocycles. The Morgan fingerprint density at radius 2 is 1.18 bits per heavy atom. The van der Waals surface area contributed by atoms with Gasteiger partial charge in [0, 0.05) is 44.5 Å². The summed E-state index contributed by atoms with van der Waals surface area (Å²) in [6.45, 7) is 3.80.